The molecule has 0 N–H and O–H groups in total. The highest BCUT2D eigenvalue weighted by Crippen LogP contribution is 2.63. The molecular formula is C14H18O2. The number of carbonyl (C=O) groups excluding carboxylic acids is 1. The first-order chi connectivity index (χ1) is 7.79. The third-order valence-electron chi connectivity index (χ3n) is 5.53. The van der Waals surface area contributed by atoms with Crippen LogP contribution in [-0.2, 0) is 9.53 Å². The van der Waals surface area contributed by atoms with Gasteiger partial charge in [0.2, 0.25) is 0 Å². The molecule has 0 saturated heterocycles. The van der Waals surface area contributed by atoms with E-state index in [1.165, 1.54) is 44.1 Å². The number of esters is 1. The molecule has 2 bridgehead atoms. The minimum atomic E-state index is 0.00491. The number of ether oxygens (including phenoxy) is 1. The lowest BCUT2D eigenvalue weighted by Crippen LogP contribution is -2.33. The Balaban J connectivity index is 1.85. The van der Waals surface area contributed by atoms with Gasteiger partial charge in [-0.2, -0.15) is 0 Å². The van der Waals surface area contributed by atoms with E-state index in [-0.39, 0.29) is 5.97 Å². The summed E-state index contributed by atoms with van der Waals surface area (Å²) >= 11 is 0. The lowest BCUT2D eigenvalue weighted by Gasteiger charge is -2.42. The van der Waals surface area contributed by atoms with Crippen LogP contribution in [0.1, 0.15) is 44.9 Å². The number of hydrogen-bond acceptors (Lipinski definition) is 2. The third kappa shape index (κ3) is 0.964. The van der Waals surface area contributed by atoms with Gasteiger partial charge in [0.05, 0.1) is 0 Å². The van der Waals surface area contributed by atoms with Gasteiger partial charge in [0.15, 0.2) is 0 Å². The van der Waals surface area contributed by atoms with Gasteiger partial charge in [0, 0.05) is 5.57 Å². The minimum absolute atomic E-state index is 0.00491. The zero-order valence-electron chi connectivity index (χ0n) is 9.63. The van der Waals surface area contributed by atoms with E-state index in [9.17, 15) is 4.79 Å². The molecule has 2 saturated carbocycles. The van der Waals surface area contributed by atoms with Crippen molar-refractivity contribution in [2.75, 3.05) is 6.61 Å². The van der Waals surface area contributed by atoms with Crippen molar-refractivity contribution in [3.05, 3.63) is 11.1 Å². The van der Waals surface area contributed by atoms with Gasteiger partial charge in [0.25, 0.3) is 0 Å². The highest BCUT2D eigenvalue weighted by atomic mass is 16.5. The maximum atomic E-state index is 11.7. The molecule has 1 heterocycles. The van der Waals surface area contributed by atoms with Crippen LogP contribution in [0.15, 0.2) is 11.1 Å². The quantitative estimate of drug-likeness (QED) is 0.584. The van der Waals surface area contributed by atoms with E-state index >= 15 is 0 Å². The number of cyclic esters (lactones) is 1. The summed E-state index contributed by atoms with van der Waals surface area (Å²) in [5.74, 6) is 1.66. The second-order valence-electron chi connectivity index (χ2n) is 6.14. The minimum Gasteiger partial charge on any atom is -0.458 e. The maximum Gasteiger partial charge on any atom is 0.334 e. The van der Waals surface area contributed by atoms with Gasteiger partial charge in [-0.05, 0) is 54.9 Å². The summed E-state index contributed by atoms with van der Waals surface area (Å²) in [7, 11) is 0. The van der Waals surface area contributed by atoms with Gasteiger partial charge in [-0.3, -0.25) is 0 Å². The Labute approximate surface area is 96.0 Å². The van der Waals surface area contributed by atoms with Crippen molar-refractivity contribution in [2.45, 2.75) is 44.9 Å². The fourth-order valence-electron chi connectivity index (χ4n) is 4.98. The van der Waals surface area contributed by atoms with Crippen LogP contribution >= 0.6 is 0 Å². The van der Waals surface area contributed by atoms with E-state index in [1.54, 1.807) is 0 Å². The van der Waals surface area contributed by atoms with Gasteiger partial charge in [0.1, 0.15) is 6.61 Å². The van der Waals surface area contributed by atoms with Crippen molar-refractivity contribution in [3.63, 3.8) is 0 Å². The fraction of sp³-hybridized carbons (Fsp3) is 0.786. The SMILES string of the molecule is O=C1OCC2=C1C[C@@H]1C[C@@H]3CCCC[C@]23C1. The van der Waals surface area contributed by atoms with Crippen LogP contribution in [0.4, 0.5) is 0 Å². The van der Waals surface area contributed by atoms with Crippen molar-refractivity contribution < 1.29 is 9.53 Å². The van der Waals surface area contributed by atoms with E-state index in [0.717, 1.165) is 23.8 Å². The van der Waals surface area contributed by atoms with Crippen molar-refractivity contribution in [3.8, 4) is 0 Å². The smallest absolute Gasteiger partial charge is 0.334 e. The van der Waals surface area contributed by atoms with Gasteiger partial charge < -0.3 is 4.74 Å². The van der Waals surface area contributed by atoms with Crippen molar-refractivity contribution in [1.82, 2.24) is 0 Å². The number of rotatable bonds is 0. The summed E-state index contributed by atoms with van der Waals surface area (Å²) in [6.45, 7) is 0.622. The molecule has 0 unspecified atom stereocenters. The van der Waals surface area contributed by atoms with E-state index in [4.69, 9.17) is 4.74 Å². The zero-order valence-corrected chi connectivity index (χ0v) is 9.63. The van der Waals surface area contributed by atoms with Crippen LogP contribution in [-0.4, -0.2) is 12.6 Å². The van der Waals surface area contributed by atoms with Crippen molar-refractivity contribution in [2.24, 2.45) is 17.3 Å². The summed E-state index contributed by atoms with van der Waals surface area (Å²) < 4.78 is 5.28. The average Bonchev–Trinajstić information content (AvgIpc) is 2.79. The second kappa shape index (κ2) is 2.91. The Hall–Kier alpha value is -0.790. The van der Waals surface area contributed by atoms with Crippen molar-refractivity contribution in [1.29, 1.82) is 0 Å². The molecule has 2 nitrogen and oxygen atoms in total. The third-order valence-corrected chi connectivity index (χ3v) is 5.53. The molecule has 3 aliphatic carbocycles. The molecule has 0 amide bonds. The van der Waals surface area contributed by atoms with Crippen molar-refractivity contribution >= 4 is 5.97 Å². The standard InChI is InChI=1S/C14H18O2/c15-13-11-6-9-5-10-3-1-2-4-14(10,7-9)12(11)8-16-13/h9-10H,1-8H2/t9-,10-,14+/m0/s1. The van der Waals surface area contributed by atoms with E-state index < -0.39 is 0 Å². The molecule has 4 rings (SSSR count). The molecule has 86 valence electrons. The normalized spacial score (nSPS) is 45.4. The topological polar surface area (TPSA) is 26.3 Å². The average molecular weight is 218 g/mol. The predicted molar refractivity (Wildman–Crippen MR) is 59.7 cm³/mol. The molecule has 16 heavy (non-hydrogen) atoms. The van der Waals surface area contributed by atoms with Crippen LogP contribution in [0, 0.1) is 17.3 Å². The molecule has 1 aliphatic heterocycles. The molecular weight excluding hydrogens is 200 g/mol. The largest absolute Gasteiger partial charge is 0.458 e. The van der Waals surface area contributed by atoms with Crippen LogP contribution < -0.4 is 0 Å². The number of hydrogen-bond donors (Lipinski definition) is 0. The summed E-state index contributed by atoms with van der Waals surface area (Å²) in [4.78, 5) is 11.7. The highest BCUT2D eigenvalue weighted by molar-refractivity contribution is 5.92. The Bertz CT molecular complexity index is 396. The lowest BCUT2D eigenvalue weighted by molar-refractivity contribution is -0.136. The first-order valence-electron chi connectivity index (χ1n) is 6.69. The number of carbonyl (C=O) groups is 1. The lowest BCUT2D eigenvalue weighted by atomic mass is 9.62. The van der Waals surface area contributed by atoms with E-state index in [0.29, 0.717) is 12.0 Å². The Morgan fingerprint density at radius 1 is 1.31 bits per heavy atom. The molecule has 1 spiro atoms. The zero-order chi connectivity index (χ0) is 10.8. The highest BCUT2D eigenvalue weighted by Gasteiger charge is 2.56. The summed E-state index contributed by atoms with van der Waals surface area (Å²) in [6, 6.07) is 0. The van der Waals surface area contributed by atoms with E-state index in [2.05, 4.69) is 0 Å². The van der Waals surface area contributed by atoms with Crippen LogP contribution in [0.3, 0.4) is 0 Å². The van der Waals surface area contributed by atoms with Crippen LogP contribution in [0.2, 0.25) is 0 Å². The Kier molecular flexibility index (Phi) is 1.68. The van der Waals surface area contributed by atoms with Gasteiger partial charge in [-0.15, -0.1) is 0 Å². The fourth-order valence-corrected chi connectivity index (χ4v) is 4.98. The molecule has 4 aliphatic rings. The summed E-state index contributed by atoms with van der Waals surface area (Å²) in [5, 5.41) is 0. The van der Waals surface area contributed by atoms with Crippen LogP contribution in [0.25, 0.3) is 0 Å². The molecule has 0 aromatic rings. The van der Waals surface area contributed by atoms with Crippen LogP contribution in [0.5, 0.6) is 0 Å². The van der Waals surface area contributed by atoms with Gasteiger partial charge in [-0.25, -0.2) is 4.79 Å². The molecule has 0 aromatic heterocycles. The summed E-state index contributed by atoms with van der Waals surface area (Å²) in [5.41, 5.74) is 2.92. The Morgan fingerprint density at radius 3 is 3.19 bits per heavy atom. The second-order valence-corrected chi connectivity index (χ2v) is 6.14. The monoisotopic (exact) mass is 218 g/mol. The predicted octanol–water partition coefficient (Wildman–Crippen LogP) is 2.83. The van der Waals surface area contributed by atoms with Gasteiger partial charge in [-0.1, -0.05) is 12.8 Å². The number of fused-ring (bicyclic) bond motifs is 1. The molecule has 2 fully saturated rings. The Morgan fingerprint density at radius 2 is 2.25 bits per heavy atom. The molecule has 0 aromatic carbocycles. The summed E-state index contributed by atoms with van der Waals surface area (Å²) in [6.07, 6.45) is 9.22. The first-order valence-corrected chi connectivity index (χ1v) is 6.69. The molecule has 0 radical (unpaired) electrons. The maximum absolute atomic E-state index is 11.7. The molecule has 3 atom stereocenters. The van der Waals surface area contributed by atoms with E-state index in [1.807, 2.05) is 0 Å². The van der Waals surface area contributed by atoms with Gasteiger partial charge >= 0.3 is 5.97 Å². The first kappa shape index (κ1) is 9.26. The molecule has 2 heteroatoms.